The number of carbonyl (C=O) groups is 1. The Hall–Kier alpha value is -2.65. The van der Waals surface area contributed by atoms with Crippen LogP contribution in [0.5, 0.6) is 11.5 Å². The molecule has 0 aromatic heterocycles. The number of ether oxygens (including phenoxy) is 2. The molecule has 0 N–H and O–H groups in total. The summed E-state index contributed by atoms with van der Waals surface area (Å²) < 4.78 is 10.7. The van der Waals surface area contributed by atoms with Crippen LogP contribution in [-0.4, -0.2) is 38.7 Å². The number of amides is 1. The van der Waals surface area contributed by atoms with Crippen molar-refractivity contribution in [3.8, 4) is 17.6 Å². The zero-order valence-electron chi connectivity index (χ0n) is 15.8. The maximum Gasteiger partial charge on any atom is 0.235 e. The van der Waals surface area contributed by atoms with Crippen molar-refractivity contribution in [1.82, 2.24) is 0 Å². The number of carbonyl (C=O) groups excluding carboxylic acids is 1. The zero-order valence-corrected chi connectivity index (χ0v) is 16.6. The van der Waals surface area contributed by atoms with Crippen LogP contribution < -0.4 is 14.4 Å². The van der Waals surface area contributed by atoms with E-state index in [0.29, 0.717) is 11.5 Å². The molecule has 3 rings (SSSR count). The van der Waals surface area contributed by atoms with Gasteiger partial charge in [-0.3, -0.25) is 4.79 Å². The summed E-state index contributed by atoms with van der Waals surface area (Å²) in [6.45, 7) is 0. The molecule has 27 heavy (non-hydrogen) atoms. The van der Waals surface area contributed by atoms with Crippen LogP contribution in [0.15, 0.2) is 42.5 Å². The first-order valence-electron chi connectivity index (χ1n) is 8.58. The van der Waals surface area contributed by atoms with Crippen LogP contribution in [0.2, 0.25) is 0 Å². The smallest absolute Gasteiger partial charge is 0.235 e. The summed E-state index contributed by atoms with van der Waals surface area (Å²) in [7, 11) is 4.94. The highest BCUT2D eigenvalue weighted by molar-refractivity contribution is 7.99. The molecule has 0 saturated heterocycles. The number of nitrogens with zero attached hydrogens (tertiary/aromatic N) is 2. The molecule has 2 aromatic carbocycles. The van der Waals surface area contributed by atoms with Crippen LogP contribution in [0.1, 0.15) is 23.0 Å². The molecule has 0 fully saturated rings. The minimum atomic E-state index is -0.465. The van der Waals surface area contributed by atoms with Gasteiger partial charge in [-0.05, 0) is 35.6 Å². The number of rotatable bonds is 6. The fourth-order valence-corrected chi connectivity index (χ4v) is 4.71. The highest BCUT2D eigenvalue weighted by Crippen LogP contribution is 2.46. The molecular formula is C21H22N2O3S. The molecule has 0 bridgehead atoms. The minimum absolute atomic E-state index is 0.0243. The van der Waals surface area contributed by atoms with Crippen LogP contribution in [0.3, 0.4) is 0 Å². The Morgan fingerprint density at radius 1 is 1.15 bits per heavy atom. The highest BCUT2D eigenvalue weighted by Gasteiger charge is 2.43. The Morgan fingerprint density at radius 3 is 2.48 bits per heavy atom. The molecule has 6 heteroatoms. The van der Waals surface area contributed by atoms with Crippen molar-refractivity contribution in [1.29, 1.82) is 5.26 Å². The maximum absolute atomic E-state index is 13.0. The number of hydrogen-bond acceptors (Lipinski definition) is 5. The largest absolute Gasteiger partial charge is 0.493 e. The lowest BCUT2D eigenvalue weighted by Crippen LogP contribution is -2.32. The van der Waals surface area contributed by atoms with E-state index in [1.807, 2.05) is 42.7 Å². The van der Waals surface area contributed by atoms with Gasteiger partial charge in [-0.15, -0.1) is 0 Å². The fourth-order valence-electron chi connectivity index (χ4n) is 3.68. The number of thioether (sulfide) groups is 1. The molecule has 2 aromatic rings. The Kier molecular flexibility index (Phi) is 5.62. The van der Waals surface area contributed by atoms with Gasteiger partial charge >= 0.3 is 0 Å². The third-order valence-electron chi connectivity index (χ3n) is 5.06. The number of fused-ring (bicyclic) bond motifs is 1. The lowest BCUT2D eigenvalue weighted by molar-refractivity contribution is -0.119. The van der Waals surface area contributed by atoms with Gasteiger partial charge in [-0.1, -0.05) is 24.3 Å². The number of hydrogen-bond donors (Lipinski definition) is 0. The van der Waals surface area contributed by atoms with Crippen molar-refractivity contribution in [2.75, 3.05) is 32.4 Å². The number of para-hydroxylation sites is 1. The van der Waals surface area contributed by atoms with Crippen molar-refractivity contribution in [2.45, 2.75) is 17.1 Å². The van der Waals surface area contributed by atoms with E-state index in [1.165, 1.54) is 0 Å². The first kappa shape index (κ1) is 19.1. The summed E-state index contributed by atoms with van der Waals surface area (Å²) in [6, 6.07) is 15.7. The minimum Gasteiger partial charge on any atom is -0.493 e. The van der Waals surface area contributed by atoms with E-state index in [2.05, 4.69) is 6.07 Å². The number of methoxy groups -OCH3 is 2. The van der Waals surface area contributed by atoms with Crippen molar-refractivity contribution in [3.63, 3.8) is 0 Å². The average Bonchev–Trinajstić information content (AvgIpc) is 2.96. The molecule has 5 nitrogen and oxygen atoms in total. The summed E-state index contributed by atoms with van der Waals surface area (Å²) in [5, 5.41) is 9.76. The van der Waals surface area contributed by atoms with E-state index in [4.69, 9.17) is 9.47 Å². The molecule has 1 heterocycles. The van der Waals surface area contributed by atoms with Crippen LogP contribution in [0.4, 0.5) is 5.69 Å². The van der Waals surface area contributed by atoms with Gasteiger partial charge in [0, 0.05) is 18.0 Å². The fraction of sp³-hybridized carbons (Fsp3) is 0.333. The van der Waals surface area contributed by atoms with E-state index in [1.54, 1.807) is 44.0 Å². The van der Waals surface area contributed by atoms with Gasteiger partial charge in [0.1, 0.15) is 0 Å². The van der Waals surface area contributed by atoms with Crippen molar-refractivity contribution in [2.24, 2.45) is 0 Å². The van der Waals surface area contributed by atoms with Crippen LogP contribution in [-0.2, 0) is 4.79 Å². The molecule has 0 spiro atoms. The van der Waals surface area contributed by atoms with Gasteiger partial charge < -0.3 is 14.4 Å². The van der Waals surface area contributed by atoms with Gasteiger partial charge in [0.25, 0.3) is 0 Å². The number of anilines is 1. The monoisotopic (exact) mass is 382 g/mol. The van der Waals surface area contributed by atoms with E-state index in [0.717, 1.165) is 16.8 Å². The predicted molar refractivity (Wildman–Crippen MR) is 108 cm³/mol. The highest BCUT2D eigenvalue weighted by atomic mass is 32.2. The Bertz CT molecular complexity index is 893. The second-order valence-electron chi connectivity index (χ2n) is 6.36. The molecule has 0 saturated carbocycles. The van der Waals surface area contributed by atoms with Crippen LogP contribution >= 0.6 is 11.8 Å². The van der Waals surface area contributed by atoms with Crippen molar-refractivity contribution >= 4 is 23.4 Å². The first-order chi connectivity index (χ1) is 13.1. The lowest BCUT2D eigenvalue weighted by Gasteiger charge is -2.26. The molecule has 140 valence electrons. The number of nitriles is 1. The Morgan fingerprint density at radius 2 is 1.85 bits per heavy atom. The summed E-state index contributed by atoms with van der Waals surface area (Å²) in [5.41, 5.74) is 2.70. The average molecular weight is 382 g/mol. The summed E-state index contributed by atoms with van der Waals surface area (Å²) in [5.74, 6) is 0.384. The standard InChI is InChI=1S/C21H22N2O3S/c1-23-16-8-6-5-7-14(16)19(21(23)24)20(27-4)15(12-22)13-9-10-17(25-2)18(11-13)26-3/h5-11,15,19-20H,1-4H3. The lowest BCUT2D eigenvalue weighted by atomic mass is 9.85. The third-order valence-corrected chi connectivity index (χ3v) is 6.15. The Balaban J connectivity index is 2.04. The maximum atomic E-state index is 13.0. The molecule has 1 aliphatic heterocycles. The first-order valence-corrected chi connectivity index (χ1v) is 9.87. The van der Waals surface area contributed by atoms with Crippen molar-refractivity contribution in [3.05, 3.63) is 53.6 Å². The number of likely N-dealkylation sites (N-methyl/N-ethyl adjacent to an activating group) is 1. The van der Waals surface area contributed by atoms with Crippen molar-refractivity contribution < 1.29 is 14.3 Å². The number of benzene rings is 2. The van der Waals surface area contributed by atoms with E-state index >= 15 is 0 Å². The van der Waals surface area contributed by atoms with Gasteiger partial charge in [0.15, 0.2) is 11.5 Å². The van der Waals surface area contributed by atoms with Gasteiger partial charge in [0.05, 0.1) is 32.1 Å². The molecule has 0 radical (unpaired) electrons. The van der Waals surface area contributed by atoms with Crippen LogP contribution in [0.25, 0.3) is 0 Å². The van der Waals surface area contributed by atoms with Gasteiger partial charge in [0.2, 0.25) is 5.91 Å². The van der Waals surface area contributed by atoms with E-state index < -0.39 is 5.92 Å². The molecule has 3 unspecified atom stereocenters. The predicted octanol–water partition coefficient (Wildman–Crippen LogP) is 3.80. The van der Waals surface area contributed by atoms with Gasteiger partial charge in [-0.25, -0.2) is 0 Å². The summed E-state index contributed by atoms with van der Waals surface area (Å²) in [4.78, 5) is 14.7. The second kappa shape index (κ2) is 7.93. The summed E-state index contributed by atoms with van der Waals surface area (Å²) >= 11 is 1.55. The molecule has 1 amide bonds. The van der Waals surface area contributed by atoms with Gasteiger partial charge in [-0.2, -0.15) is 17.0 Å². The normalized spacial score (nSPS) is 17.8. The second-order valence-corrected chi connectivity index (χ2v) is 7.37. The quantitative estimate of drug-likeness (QED) is 0.760. The third kappa shape index (κ3) is 3.24. The molecule has 1 aliphatic rings. The molecule has 3 atom stereocenters. The zero-order chi connectivity index (χ0) is 19.6. The van der Waals surface area contributed by atoms with Crippen LogP contribution in [0, 0.1) is 11.3 Å². The summed E-state index contributed by atoms with van der Waals surface area (Å²) in [6.07, 6.45) is 1.95. The topological polar surface area (TPSA) is 62.6 Å². The van der Waals surface area contributed by atoms with E-state index in [9.17, 15) is 10.1 Å². The molecule has 0 aliphatic carbocycles. The molecular weight excluding hydrogens is 360 g/mol. The van der Waals surface area contributed by atoms with E-state index in [-0.39, 0.29) is 17.1 Å². The Labute approximate surface area is 163 Å². The SMILES string of the molecule is COc1ccc(C(C#N)C(SC)C2C(=O)N(C)c3ccccc32)cc1OC.